The van der Waals surface area contributed by atoms with Crippen molar-refractivity contribution in [2.45, 2.75) is 25.3 Å². The quantitative estimate of drug-likeness (QED) is 0.793. The van der Waals surface area contributed by atoms with E-state index in [9.17, 15) is 14.0 Å². The molecule has 0 bridgehead atoms. The molecule has 1 aliphatic heterocycles. The molecule has 5 nitrogen and oxygen atoms in total. The highest BCUT2D eigenvalue weighted by Gasteiger charge is 2.33. The molecule has 7 heteroatoms. The number of hydrazone groups is 1. The predicted octanol–water partition coefficient (Wildman–Crippen LogP) is 4.13. The third kappa shape index (κ3) is 4.16. The molecule has 0 spiro atoms. The molecular weight excluding hydrogens is 403 g/mol. The number of carbonyl (C=O) groups excluding carboxylic acids is 1. The number of aliphatic carboxylic acids is 1. The monoisotopic (exact) mass is 418 g/mol. The summed E-state index contributed by atoms with van der Waals surface area (Å²) in [6, 6.07) is 13.1. The Bertz CT molecular complexity index is 850. The molecule has 1 amide bonds. The number of hydrogen-bond donors (Lipinski definition) is 1. The van der Waals surface area contributed by atoms with E-state index in [0.29, 0.717) is 6.42 Å². The van der Waals surface area contributed by atoms with Gasteiger partial charge in [0.25, 0.3) is 0 Å². The molecule has 1 aliphatic rings. The van der Waals surface area contributed by atoms with Crippen LogP contribution in [0.25, 0.3) is 0 Å². The summed E-state index contributed by atoms with van der Waals surface area (Å²) in [4.78, 5) is 23.3. The van der Waals surface area contributed by atoms with Crippen LogP contribution in [0.5, 0.6) is 0 Å². The Morgan fingerprint density at radius 2 is 1.77 bits per heavy atom. The largest absolute Gasteiger partial charge is 0.481 e. The van der Waals surface area contributed by atoms with Crippen molar-refractivity contribution in [2.75, 3.05) is 0 Å². The van der Waals surface area contributed by atoms with E-state index in [-0.39, 0.29) is 30.6 Å². The highest BCUT2D eigenvalue weighted by molar-refractivity contribution is 9.10. The van der Waals surface area contributed by atoms with Gasteiger partial charge in [-0.15, -0.1) is 0 Å². The highest BCUT2D eigenvalue weighted by Crippen LogP contribution is 2.33. The lowest BCUT2D eigenvalue weighted by Crippen LogP contribution is -2.27. The Balaban J connectivity index is 1.89. The van der Waals surface area contributed by atoms with E-state index in [1.165, 1.54) is 17.1 Å². The van der Waals surface area contributed by atoms with Crippen molar-refractivity contribution in [3.63, 3.8) is 0 Å². The van der Waals surface area contributed by atoms with Crippen LogP contribution >= 0.6 is 15.9 Å². The maximum Gasteiger partial charge on any atom is 0.303 e. The number of benzene rings is 2. The Kier molecular flexibility index (Phi) is 5.46. The fourth-order valence-electron chi connectivity index (χ4n) is 2.83. The fourth-order valence-corrected chi connectivity index (χ4v) is 3.09. The van der Waals surface area contributed by atoms with Gasteiger partial charge in [0.15, 0.2) is 0 Å². The summed E-state index contributed by atoms with van der Waals surface area (Å²) in [6.45, 7) is 0. The highest BCUT2D eigenvalue weighted by atomic mass is 79.9. The Hall–Kier alpha value is -2.54. The minimum absolute atomic E-state index is 0.135. The first-order valence-corrected chi connectivity index (χ1v) is 8.86. The Morgan fingerprint density at radius 1 is 1.12 bits per heavy atom. The van der Waals surface area contributed by atoms with Gasteiger partial charge >= 0.3 is 5.97 Å². The normalized spacial score (nSPS) is 16.5. The van der Waals surface area contributed by atoms with E-state index in [1.807, 2.05) is 24.3 Å². The van der Waals surface area contributed by atoms with Crippen molar-refractivity contribution >= 4 is 33.5 Å². The average molecular weight is 419 g/mol. The molecule has 0 saturated carbocycles. The summed E-state index contributed by atoms with van der Waals surface area (Å²) in [5.41, 5.74) is 2.37. The van der Waals surface area contributed by atoms with Crippen LogP contribution in [0.2, 0.25) is 0 Å². The number of carbonyl (C=O) groups is 2. The van der Waals surface area contributed by atoms with Crippen LogP contribution in [0.4, 0.5) is 4.39 Å². The number of rotatable bonds is 5. The maximum absolute atomic E-state index is 13.2. The smallest absolute Gasteiger partial charge is 0.303 e. The minimum atomic E-state index is -1.03. The van der Waals surface area contributed by atoms with Crippen LogP contribution in [0.3, 0.4) is 0 Å². The zero-order valence-corrected chi connectivity index (χ0v) is 15.3. The molecule has 3 rings (SSSR count). The van der Waals surface area contributed by atoms with Crippen LogP contribution in [0, 0.1) is 5.82 Å². The van der Waals surface area contributed by atoms with E-state index in [1.54, 1.807) is 12.1 Å². The molecule has 0 saturated heterocycles. The topological polar surface area (TPSA) is 70.0 Å². The van der Waals surface area contributed by atoms with E-state index in [4.69, 9.17) is 5.11 Å². The van der Waals surface area contributed by atoms with Gasteiger partial charge in [0.05, 0.1) is 18.2 Å². The van der Waals surface area contributed by atoms with Crippen molar-refractivity contribution in [1.82, 2.24) is 5.01 Å². The number of nitrogens with zero attached hydrogens (tertiary/aromatic N) is 2. The SMILES string of the molecule is O=C(O)CCC(=O)N1N=C(c2ccc(Br)cc2)CC1c1ccc(F)cc1. The Morgan fingerprint density at radius 3 is 2.38 bits per heavy atom. The Labute approximate surface area is 158 Å². The van der Waals surface area contributed by atoms with E-state index < -0.39 is 5.97 Å². The van der Waals surface area contributed by atoms with Gasteiger partial charge in [-0.3, -0.25) is 9.59 Å². The average Bonchev–Trinajstić information content (AvgIpc) is 3.06. The van der Waals surface area contributed by atoms with Crippen molar-refractivity contribution in [3.8, 4) is 0 Å². The molecule has 2 aromatic carbocycles. The van der Waals surface area contributed by atoms with Crippen LogP contribution in [0.1, 0.15) is 36.4 Å². The van der Waals surface area contributed by atoms with Crippen molar-refractivity contribution in [2.24, 2.45) is 5.10 Å². The molecule has 2 aromatic rings. The van der Waals surface area contributed by atoms with E-state index in [0.717, 1.165) is 21.3 Å². The number of amides is 1. The zero-order valence-electron chi connectivity index (χ0n) is 13.7. The minimum Gasteiger partial charge on any atom is -0.481 e. The van der Waals surface area contributed by atoms with Crippen molar-refractivity contribution in [3.05, 3.63) is 69.9 Å². The molecule has 134 valence electrons. The lowest BCUT2D eigenvalue weighted by Gasteiger charge is -2.21. The number of halogens is 2. The second-order valence-corrected chi connectivity index (χ2v) is 6.87. The van der Waals surface area contributed by atoms with Crippen LogP contribution in [0.15, 0.2) is 58.1 Å². The van der Waals surface area contributed by atoms with Gasteiger partial charge in [-0.1, -0.05) is 40.2 Å². The predicted molar refractivity (Wildman–Crippen MR) is 98.2 cm³/mol. The number of carboxylic acid groups (broad SMARTS) is 1. The van der Waals surface area contributed by atoms with Gasteiger partial charge in [0, 0.05) is 17.3 Å². The van der Waals surface area contributed by atoms with Crippen molar-refractivity contribution < 1.29 is 19.1 Å². The van der Waals surface area contributed by atoms with Gasteiger partial charge in [-0.2, -0.15) is 5.10 Å². The summed E-state index contributed by atoms with van der Waals surface area (Å²) in [6.07, 6.45) is 0.0881. The van der Waals surface area contributed by atoms with Crippen LogP contribution in [-0.2, 0) is 9.59 Å². The summed E-state index contributed by atoms with van der Waals surface area (Å²) in [5, 5.41) is 14.6. The number of carboxylic acids is 1. The van der Waals surface area contributed by atoms with Gasteiger partial charge in [-0.25, -0.2) is 9.40 Å². The molecule has 0 aliphatic carbocycles. The lowest BCUT2D eigenvalue weighted by molar-refractivity contribution is -0.141. The maximum atomic E-state index is 13.2. The van der Waals surface area contributed by atoms with Crippen molar-refractivity contribution in [1.29, 1.82) is 0 Å². The summed E-state index contributed by atoms with van der Waals surface area (Å²) in [7, 11) is 0. The third-order valence-corrected chi connectivity index (χ3v) is 4.68. The number of hydrogen-bond acceptors (Lipinski definition) is 3. The second-order valence-electron chi connectivity index (χ2n) is 5.96. The summed E-state index contributed by atoms with van der Waals surface area (Å²) in [5.74, 6) is -1.76. The first-order valence-electron chi connectivity index (χ1n) is 8.07. The van der Waals surface area contributed by atoms with Gasteiger partial charge in [0.2, 0.25) is 5.91 Å². The molecule has 26 heavy (non-hydrogen) atoms. The van der Waals surface area contributed by atoms with Gasteiger partial charge in [-0.05, 0) is 35.4 Å². The first kappa shape index (κ1) is 18.3. The van der Waals surface area contributed by atoms with Gasteiger partial charge < -0.3 is 5.11 Å². The second kappa shape index (κ2) is 7.78. The van der Waals surface area contributed by atoms with E-state index >= 15 is 0 Å². The molecule has 1 heterocycles. The van der Waals surface area contributed by atoms with Gasteiger partial charge in [0.1, 0.15) is 5.82 Å². The molecule has 0 radical (unpaired) electrons. The van der Waals surface area contributed by atoms with Crippen LogP contribution < -0.4 is 0 Å². The standard InChI is InChI=1S/C19H16BrFN2O3/c20-14-5-1-12(2-6-14)16-11-17(13-3-7-15(21)8-4-13)23(22-16)18(24)9-10-19(25)26/h1-8,17H,9-11H2,(H,25,26). The molecule has 1 N–H and O–H groups in total. The summed E-state index contributed by atoms with van der Waals surface area (Å²) < 4.78 is 14.2. The zero-order chi connectivity index (χ0) is 18.7. The molecule has 0 aromatic heterocycles. The molecule has 1 unspecified atom stereocenters. The molecular formula is C19H16BrFN2O3. The summed E-state index contributed by atoms with van der Waals surface area (Å²) >= 11 is 3.38. The first-order chi connectivity index (χ1) is 12.4. The lowest BCUT2D eigenvalue weighted by atomic mass is 9.98. The molecule has 1 atom stereocenters. The fraction of sp³-hybridized carbons (Fsp3) is 0.211. The van der Waals surface area contributed by atoms with Crippen LogP contribution in [-0.4, -0.2) is 27.7 Å². The van der Waals surface area contributed by atoms with E-state index in [2.05, 4.69) is 21.0 Å². The molecule has 0 fully saturated rings. The third-order valence-electron chi connectivity index (χ3n) is 4.15.